The zero-order valence-corrected chi connectivity index (χ0v) is 14.2. The van der Waals surface area contributed by atoms with E-state index >= 15 is 0 Å². The molecule has 0 radical (unpaired) electrons. The Balaban J connectivity index is 1.75. The summed E-state index contributed by atoms with van der Waals surface area (Å²) in [5.74, 6) is 0.661. The van der Waals surface area contributed by atoms with Gasteiger partial charge in [0.15, 0.2) is 0 Å². The Bertz CT molecular complexity index is 845. The lowest BCUT2D eigenvalue weighted by Crippen LogP contribution is -2.28. The first-order valence-corrected chi connectivity index (χ1v) is 8.98. The highest BCUT2D eigenvalue weighted by Gasteiger charge is 2.35. The Labute approximate surface area is 139 Å². The number of carbonyl (C=O) groups excluding carboxylic acids is 1. The summed E-state index contributed by atoms with van der Waals surface area (Å²) in [5, 5.41) is 10.4. The zero-order chi connectivity index (χ0) is 17.3. The highest BCUT2D eigenvalue weighted by Crippen LogP contribution is 2.30. The number of sulfonamides is 1. The lowest BCUT2D eigenvalue weighted by Gasteiger charge is -2.16. The van der Waals surface area contributed by atoms with Crippen LogP contribution in [0.5, 0.6) is 0 Å². The van der Waals surface area contributed by atoms with Gasteiger partial charge in [-0.2, -0.15) is 4.31 Å². The van der Waals surface area contributed by atoms with Crippen LogP contribution in [-0.2, 0) is 14.8 Å². The molecule has 0 saturated carbocycles. The number of hydrogen-bond acceptors (Lipinski definition) is 6. The second kappa shape index (κ2) is 6.33. The van der Waals surface area contributed by atoms with Crippen LogP contribution in [0.15, 0.2) is 33.6 Å². The van der Waals surface area contributed by atoms with Gasteiger partial charge in [-0.15, -0.1) is 10.2 Å². The van der Waals surface area contributed by atoms with Crippen LogP contribution >= 0.6 is 0 Å². The van der Waals surface area contributed by atoms with Crippen molar-refractivity contribution in [1.82, 2.24) is 14.5 Å². The number of hydrogen-bond donors (Lipinski definition) is 1. The third-order valence-electron chi connectivity index (χ3n) is 3.85. The van der Waals surface area contributed by atoms with E-state index in [1.165, 1.54) is 23.4 Å². The molecule has 9 heteroatoms. The predicted molar refractivity (Wildman–Crippen MR) is 85.9 cm³/mol. The van der Waals surface area contributed by atoms with E-state index in [1.807, 2.05) is 0 Å². The Morgan fingerprint density at radius 3 is 2.58 bits per heavy atom. The molecule has 1 aromatic carbocycles. The van der Waals surface area contributed by atoms with Crippen molar-refractivity contribution in [2.75, 3.05) is 18.4 Å². The third-order valence-corrected chi connectivity index (χ3v) is 5.73. The predicted octanol–water partition coefficient (Wildman–Crippen LogP) is 1.51. The first-order chi connectivity index (χ1) is 11.4. The molecule has 24 heavy (non-hydrogen) atoms. The van der Waals surface area contributed by atoms with E-state index < -0.39 is 10.0 Å². The Morgan fingerprint density at radius 1 is 1.29 bits per heavy atom. The topological polar surface area (TPSA) is 105 Å². The lowest BCUT2D eigenvalue weighted by atomic mass is 10.1. The largest absolute Gasteiger partial charge is 0.425 e. The molecule has 128 valence electrons. The summed E-state index contributed by atoms with van der Waals surface area (Å²) in [5.41, 5.74) is 0.557. The molecule has 1 N–H and O–H groups in total. The molecule has 1 atom stereocenters. The van der Waals surface area contributed by atoms with E-state index in [2.05, 4.69) is 15.5 Å². The number of anilines is 1. The van der Waals surface area contributed by atoms with Crippen molar-refractivity contribution in [1.29, 1.82) is 0 Å². The van der Waals surface area contributed by atoms with Gasteiger partial charge >= 0.3 is 0 Å². The summed E-state index contributed by atoms with van der Waals surface area (Å²) < 4.78 is 32.3. The highest BCUT2D eigenvalue weighted by molar-refractivity contribution is 7.89. The molecular formula is C15H18N4O4S. The van der Waals surface area contributed by atoms with Crippen LogP contribution in [-0.4, -0.2) is 41.9 Å². The van der Waals surface area contributed by atoms with Gasteiger partial charge in [-0.25, -0.2) is 8.42 Å². The number of nitrogens with zero attached hydrogens (tertiary/aromatic N) is 3. The molecule has 1 fully saturated rings. The average molecular weight is 350 g/mol. The fraction of sp³-hybridized carbons (Fsp3) is 0.400. The summed E-state index contributed by atoms with van der Waals surface area (Å²) in [6, 6.07) is 6.13. The molecule has 8 nitrogen and oxygen atoms in total. The van der Waals surface area contributed by atoms with Gasteiger partial charge in [0.2, 0.25) is 27.7 Å². The van der Waals surface area contributed by atoms with Crippen molar-refractivity contribution >= 4 is 21.6 Å². The van der Waals surface area contributed by atoms with Gasteiger partial charge in [-0.1, -0.05) is 0 Å². The highest BCUT2D eigenvalue weighted by atomic mass is 32.2. The fourth-order valence-corrected chi connectivity index (χ4v) is 4.19. The van der Waals surface area contributed by atoms with Crippen molar-refractivity contribution in [3.8, 4) is 0 Å². The molecular weight excluding hydrogens is 332 g/mol. The minimum Gasteiger partial charge on any atom is -0.425 e. The number of aromatic nitrogens is 2. The van der Waals surface area contributed by atoms with E-state index in [9.17, 15) is 13.2 Å². The number of benzene rings is 1. The quantitative estimate of drug-likeness (QED) is 0.896. The molecule has 0 unspecified atom stereocenters. The summed E-state index contributed by atoms with van der Waals surface area (Å²) >= 11 is 0. The summed E-state index contributed by atoms with van der Waals surface area (Å²) in [7, 11) is -3.59. The van der Waals surface area contributed by atoms with Crippen molar-refractivity contribution in [3.05, 3.63) is 36.0 Å². The first kappa shape index (κ1) is 16.6. The number of aryl methyl sites for hydroxylation is 1. The van der Waals surface area contributed by atoms with E-state index in [0.29, 0.717) is 37.0 Å². The number of nitrogens with one attached hydrogen (secondary N) is 1. The standard InChI is InChI=1S/C15H18N4O4S/c1-10(20)16-13-3-5-14(6-4-13)24(21,22)19-8-7-12(9-19)15-18-17-11(2)23-15/h3-6,12H,7-9H2,1-2H3,(H,16,20)/t12-/m0/s1. The molecule has 1 saturated heterocycles. The van der Waals surface area contributed by atoms with Gasteiger partial charge in [0, 0.05) is 32.6 Å². The SMILES string of the molecule is CC(=O)Nc1ccc(S(=O)(=O)N2CC[C@H](c3nnc(C)o3)C2)cc1. The molecule has 0 aliphatic carbocycles. The van der Waals surface area contributed by atoms with Gasteiger partial charge in [0.1, 0.15) is 0 Å². The fourth-order valence-electron chi connectivity index (χ4n) is 2.69. The minimum atomic E-state index is -3.59. The van der Waals surface area contributed by atoms with E-state index in [-0.39, 0.29) is 16.7 Å². The maximum atomic E-state index is 12.7. The number of carbonyl (C=O) groups is 1. The maximum Gasteiger partial charge on any atom is 0.243 e. The summed E-state index contributed by atoms with van der Waals surface area (Å²) in [6.45, 7) is 3.82. The molecule has 2 aromatic rings. The van der Waals surface area contributed by atoms with Crippen LogP contribution in [0, 0.1) is 6.92 Å². The molecule has 1 aliphatic rings. The van der Waals surface area contributed by atoms with Crippen LogP contribution in [0.1, 0.15) is 31.0 Å². The third kappa shape index (κ3) is 3.31. The number of rotatable bonds is 4. The molecule has 2 heterocycles. The van der Waals surface area contributed by atoms with Gasteiger partial charge in [0.25, 0.3) is 0 Å². The molecule has 1 aromatic heterocycles. The minimum absolute atomic E-state index is 0.0837. The van der Waals surface area contributed by atoms with Crippen molar-refractivity contribution < 1.29 is 17.6 Å². The first-order valence-electron chi connectivity index (χ1n) is 7.54. The van der Waals surface area contributed by atoms with Crippen molar-refractivity contribution in [2.24, 2.45) is 0 Å². The van der Waals surface area contributed by atoms with Crippen molar-refractivity contribution in [3.63, 3.8) is 0 Å². The van der Waals surface area contributed by atoms with Crippen LogP contribution in [0.3, 0.4) is 0 Å². The molecule has 1 aliphatic heterocycles. The van der Waals surface area contributed by atoms with Gasteiger partial charge in [0.05, 0.1) is 10.8 Å². The summed E-state index contributed by atoms with van der Waals surface area (Å²) in [4.78, 5) is 11.2. The second-order valence-corrected chi connectivity index (χ2v) is 7.65. The van der Waals surface area contributed by atoms with Gasteiger partial charge < -0.3 is 9.73 Å². The maximum absolute atomic E-state index is 12.7. The van der Waals surface area contributed by atoms with Gasteiger partial charge in [-0.05, 0) is 30.7 Å². The van der Waals surface area contributed by atoms with Crippen LogP contribution in [0.4, 0.5) is 5.69 Å². The van der Waals surface area contributed by atoms with Crippen molar-refractivity contribution in [2.45, 2.75) is 31.1 Å². The summed E-state index contributed by atoms with van der Waals surface area (Å²) in [6.07, 6.45) is 0.644. The molecule has 0 spiro atoms. The molecule has 3 rings (SSSR count). The van der Waals surface area contributed by atoms with Crippen LogP contribution < -0.4 is 5.32 Å². The average Bonchev–Trinajstić information content (AvgIpc) is 3.16. The molecule has 1 amide bonds. The molecule has 0 bridgehead atoms. The van der Waals surface area contributed by atoms with Crippen LogP contribution in [0.2, 0.25) is 0 Å². The normalized spacial score (nSPS) is 18.7. The monoisotopic (exact) mass is 350 g/mol. The van der Waals surface area contributed by atoms with E-state index in [4.69, 9.17) is 4.42 Å². The Kier molecular flexibility index (Phi) is 4.37. The zero-order valence-electron chi connectivity index (χ0n) is 13.4. The lowest BCUT2D eigenvalue weighted by molar-refractivity contribution is -0.114. The second-order valence-electron chi connectivity index (χ2n) is 5.71. The Morgan fingerprint density at radius 2 is 2.00 bits per heavy atom. The van der Waals surface area contributed by atoms with Crippen LogP contribution in [0.25, 0.3) is 0 Å². The van der Waals surface area contributed by atoms with E-state index in [1.54, 1.807) is 19.1 Å². The smallest absolute Gasteiger partial charge is 0.243 e. The number of amides is 1. The van der Waals surface area contributed by atoms with Gasteiger partial charge in [-0.3, -0.25) is 4.79 Å². The van der Waals surface area contributed by atoms with E-state index in [0.717, 1.165) is 0 Å². The Hall–Kier alpha value is -2.26.